The van der Waals surface area contributed by atoms with Crippen molar-refractivity contribution in [1.29, 1.82) is 0 Å². The van der Waals surface area contributed by atoms with Crippen molar-refractivity contribution in [2.45, 2.75) is 63.8 Å². The van der Waals surface area contributed by atoms with Crippen LogP contribution in [0.15, 0.2) is 71.2 Å². The second-order valence-corrected chi connectivity index (χ2v) is 12.8. The Hall–Kier alpha value is -4.23. The molecule has 2 aromatic carbocycles. The van der Waals surface area contributed by atoms with Gasteiger partial charge in [-0.2, -0.15) is 0 Å². The summed E-state index contributed by atoms with van der Waals surface area (Å²) in [5, 5.41) is 22.3. The Morgan fingerprint density at radius 1 is 0.909 bits per heavy atom. The molecule has 2 rings (SSSR count). The summed E-state index contributed by atoms with van der Waals surface area (Å²) in [4.78, 5) is 42.3. The molecule has 0 bridgehead atoms. The second-order valence-electron chi connectivity index (χ2n) is 10.8. The van der Waals surface area contributed by atoms with Crippen LogP contribution in [-0.2, 0) is 43.6 Å². The van der Waals surface area contributed by atoms with Crippen LogP contribution in [0.4, 0.5) is 0 Å². The van der Waals surface area contributed by atoms with Crippen molar-refractivity contribution in [3.63, 3.8) is 0 Å². The molecule has 0 fully saturated rings. The lowest BCUT2D eigenvalue weighted by Gasteiger charge is -2.25. The van der Waals surface area contributed by atoms with Gasteiger partial charge in [0.25, 0.3) is 0 Å². The molecule has 13 nitrogen and oxygen atoms in total. The minimum absolute atomic E-state index is 0.0457. The molecule has 0 saturated carbocycles. The Morgan fingerprint density at radius 3 is 2.02 bits per heavy atom. The van der Waals surface area contributed by atoms with Crippen molar-refractivity contribution < 1.29 is 27.9 Å². The minimum Gasteiger partial charge on any atom is -0.394 e. The highest BCUT2D eigenvalue weighted by Crippen LogP contribution is 2.11. The van der Waals surface area contributed by atoms with E-state index in [1.807, 2.05) is 44.2 Å². The summed E-state index contributed by atoms with van der Waals surface area (Å²) in [5.74, 6) is -2.19. The van der Waals surface area contributed by atoms with Crippen molar-refractivity contribution in [3.05, 3.63) is 93.2 Å². The van der Waals surface area contributed by atoms with E-state index in [9.17, 15) is 27.9 Å². The van der Waals surface area contributed by atoms with Gasteiger partial charge in [0.05, 0.1) is 12.6 Å². The second kappa shape index (κ2) is 17.8. The molecule has 44 heavy (non-hydrogen) atoms. The highest BCUT2D eigenvalue weighted by molar-refractivity contribution is 7.93. The lowest BCUT2D eigenvalue weighted by molar-refractivity contribution is -0.133. The number of carbonyl (C=O) groups is 3. The molecule has 6 N–H and O–H groups in total. The number of aliphatic hydroxyl groups excluding tert-OH is 1. The minimum atomic E-state index is -3.51. The predicted octanol–water partition coefficient (Wildman–Crippen LogP) is 1.66. The van der Waals surface area contributed by atoms with Gasteiger partial charge in [-0.25, -0.2) is 8.42 Å². The molecule has 0 heterocycles. The van der Waals surface area contributed by atoms with Gasteiger partial charge in [0.1, 0.15) is 18.1 Å². The van der Waals surface area contributed by atoms with Crippen molar-refractivity contribution >= 4 is 27.6 Å². The summed E-state index contributed by atoms with van der Waals surface area (Å²) < 4.78 is 23.5. The van der Waals surface area contributed by atoms with Crippen LogP contribution in [-0.4, -0.2) is 68.3 Å². The van der Waals surface area contributed by atoms with Crippen LogP contribution in [0.5, 0.6) is 0 Å². The van der Waals surface area contributed by atoms with E-state index in [-0.39, 0.29) is 25.2 Å². The van der Waals surface area contributed by atoms with Gasteiger partial charge in [0.2, 0.25) is 17.7 Å². The van der Waals surface area contributed by atoms with Crippen LogP contribution in [0.25, 0.3) is 10.4 Å². The normalized spacial score (nSPS) is 14.2. The molecule has 3 amide bonds. The molecule has 0 saturated heterocycles. The van der Waals surface area contributed by atoms with Gasteiger partial charge in [0.15, 0.2) is 9.84 Å². The molecule has 0 aliphatic carbocycles. The maximum atomic E-state index is 13.3. The first-order valence-electron chi connectivity index (χ1n) is 14.1. The number of rotatable bonds is 17. The number of amides is 3. The molecule has 14 heteroatoms. The zero-order valence-electron chi connectivity index (χ0n) is 25.1. The number of azide groups is 1. The number of nitrogens with zero attached hydrogens (tertiary/aromatic N) is 3. The highest BCUT2D eigenvalue weighted by atomic mass is 32.2. The Morgan fingerprint density at radius 2 is 1.48 bits per heavy atom. The van der Waals surface area contributed by atoms with Crippen molar-refractivity contribution in [2.75, 3.05) is 12.9 Å². The van der Waals surface area contributed by atoms with Crippen molar-refractivity contribution in [1.82, 2.24) is 16.0 Å². The van der Waals surface area contributed by atoms with Crippen LogP contribution < -0.4 is 21.7 Å². The number of carbonyl (C=O) groups excluding carboxylic acids is 3. The van der Waals surface area contributed by atoms with Gasteiger partial charge in [-0.3, -0.25) is 14.4 Å². The third-order valence-electron chi connectivity index (χ3n) is 6.52. The zero-order chi connectivity index (χ0) is 32.7. The SMILES string of the molecule is CC(C)C[C@H](NC(=O)[C@H](Cc1ccccc1)N=[N+]=[N-])C(=O)N[C@@H](CO)C(=O)N[C@H](C=CS(C)(=O)=O)Cc1ccc(CN)cc1. The Labute approximate surface area is 257 Å². The van der Waals surface area contributed by atoms with Gasteiger partial charge in [-0.15, -0.1) is 0 Å². The summed E-state index contributed by atoms with van der Waals surface area (Å²) in [7, 11) is -3.51. The maximum absolute atomic E-state index is 13.3. The van der Waals surface area contributed by atoms with E-state index in [0.717, 1.165) is 28.4 Å². The molecule has 0 unspecified atom stereocenters. The fourth-order valence-electron chi connectivity index (χ4n) is 4.28. The first-order valence-corrected chi connectivity index (χ1v) is 16.1. The summed E-state index contributed by atoms with van der Waals surface area (Å²) in [6.07, 6.45) is 2.88. The summed E-state index contributed by atoms with van der Waals surface area (Å²) in [5.41, 5.74) is 17.1. The topological polar surface area (TPSA) is 216 Å². The summed E-state index contributed by atoms with van der Waals surface area (Å²) in [6.45, 7) is 3.28. The number of nitrogens with two attached hydrogens (primary N) is 1. The average molecular weight is 628 g/mol. The first-order chi connectivity index (χ1) is 20.8. The summed E-state index contributed by atoms with van der Waals surface area (Å²) in [6, 6.07) is 11.8. The molecular formula is C30H41N7O6S. The number of aliphatic hydroxyl groups is 1. The Kier molecular flexibility index (Phi) is 14.5. The van der Waals surface area contributed by atoms with E-state index in [1.54, 1.807) is 24.3 Å². The Balaban J connectivity index is 2.18. The molecule has 238 valence electrons. The van der Waals surface area contributed by atoms with Gasteiger partial charge >= 0.3 is 0 Å². The number of sulfone groups is 1. The molecule has 0 aliphatic rings. The zero-order valence-corrected chi connectivity index (χ0v) is 25.9. The Bertz CT molecular complexity index is 1430. The molecule has 0 aliphatic heterocycles. The standard InChI is InChI=1S/C30H41N7O6S/c1-20(2)15-25(34-29(40)26(36-37-32)17-21-7-5-4-6-8-21)28(39)35-27(19-38)30(41)33-24(13-14-44(3,42)43)16-22-9-11-23(18-31)12-10-22/h4-14,20,24-27,38H,15-19,31H2,1-3H3,(H,33,41)(H,34,40)(H,35,39)/t24-,25+,26+,27+/m1/s1. The number of benzene rings is 2. The maximum Gasteiger partial charge on any atom is 0.245 e. The van der Waals surface area contributed by atoms with E-state index in [1.165, 1.54) is 6.08 Å². The van der Waals surface area contributed by atoms with Crippen molar-refractivity contribution in [2.24, 2.45) is 16.8 Å². The molecular weight excluding hydrogens is 586 g/mol. The first kappa shape index (κ1) is 36.0. The monoisotopic (exact) mass is 627 g/mol. The van der Waals surface area contributed by atoms with E-state index in [0.29, 0.717) is 6.54 Å². The van der Waals surface area contributed by atoms with E-state index in [2.05, 4.69) is 26.0 Å². The fraction of sp³-hybridized carbons (Fsp3) is 0.433. The molecule has 0 aromatic heterocycles. The molecule has 4 atom stereocenters. The quantitative estimate of drug-likeness (QED) is 0.0992. The average Bonchev–Trinajstić information content (AvgIpc) is 2.98. The lowest BCUT2D eigenvalue weighted by Crippen LogP contribution is -2.57. The third kappa shape index (κ3) is 13.0. The molecule has 0 spiro atoms. The van der Waals surface area contributed by atoms with Crippen molar-refractivity contribution in [3.8, 4) is 0 Å². The number of nitrogens with one attached hydrogen (secondary N) is 3. The van der Waals surface area contributed by atoms with Gasteiger partial charge in [-0.05, 0) is 47.4 Å². The van der Waals surface area contributed by atoms with Crippen LogP contribution in [0.1, 0.15) is 37.0 Å². The van der Waals surface area contributed by atoms with E-state index in [4.69, 9.17) is 11.3 Å². The number of hydrogen-bond acceptors (Lipinski definition) is 8. The van der Waals surface area contributed by atoms with Gasteiger partial charge in [0, 0.05) is 23.1 Å². The van der Waals surface area contributed by atoms with Crippen LogP contribution in [0, 0.1) is 5.92 Å². The van der Waals surface area contributed by atoms with Gasteiger partial charge in [-0.1, -0.05) is 79.6 Å². The largest absolute Gasteiger partial charge is 0.394 e. The van der Waals surface area contributed by atoms with Gasteiger partial charge < -0.3 is 26.8 Å². The fourth-order valence-corrected chi connectivity index (χ4v) is 4.75. The van der Waals surface area contributed by atoms with E-state index < -0.39 is 58.3 Å². The van der Waals surface area contributed by atoms with E-state index >= 15 is 0 Å². The van der Waals surface area contributed by atoms with Crippen LogP contribution in [0.3, 0.4) is 0 Å². The van der Waals surface area contributed by atoms with Crippen LogP contribution in [0.2, 0.25) is 0 Å². The molecule has 0 radical (unpaired) electrons. The number of hydrogen-bond donors (Lipinski definition) is 5. The summed E-state index contributed by atoms with van der Waals surface area (Å²) >= 11 is 0. The van der Waals surface area contributed by atoms with Crippen LogP contribution >= 0.6 is 0 Å². The highest BCUT2D eigenvalue weighted by Gasteiger charge is 2.30. The third-order valence-corrected chi connectivity index (χ3v) is 7.17. The predicted molar refractivity (Wildman–Crippen MR) is 167 cm³/mol. The lowest BCUT2D eigenvalue weighted by atomic mass is 10.0. The smallest absolute Gasteiger partial charge is 0.245 e. The molecule has 2 aromatic rings.